The summed E-state index contributed by atoms with van der Waals surface area (Å²) in [6, 6.07) is 8.18. The summed E-state index contributed by atoms with van der Waals surface area (Å²) < 4.78 is 11.1. The maximum absolute atomic E-state index is 5.64. The van der Waals surface area contributed by atoms with E-state index in [9.17, 15) is 0 Å². The fraction of sp³-hybridized carbons (Fsp3) is 0.600. The Bertz CT molecular complexity index is 350. The molecule has 0 amide bonds. The van der Waals surface area contributed by atoms with Crippen LogP contribution in [0.3, 0.4) is 0 Å². The van der Waals surface area contributed by atoms with Crippen molar-refractivity contribution < 1.29 is 9.47 Å². The molecule has 102 valence electrons. The average Bonchev–Trinajstić information content (AvgIpc) is 2.29. The van der Waals surface area contributed by atoms with Crippen molar-refractivity contribution in [2.75, 3.05) is 19.8 Å². The van der Waals surface area contributed by atoms with Crippen LogP contribution in [0, 0.1) is 0 Å². The van der Waals surface area contributed by atoms with Crippen molar-refractivity contribution in [1.82, 2.24) is 5.32 Å². The van der Waals surface area contributed by atoms with Gasteiger partial charge >= 0.3 is 0 Å². The normalized spacial score (nSPS) is 11.6. The van der Waals surface area contributed by atoms with Crippen molar-refractivity contribution in [3.05, 3.63) is 29.8 Å². The summed E-state index contributed by atoms with van der Waals surface area (Å²) in [7, 11) is 0. The Hall–Kier alpha value is -1.06. The van der Waals surface area contributed by atoms with Gasteiger partial charge in [-0.05, 0) is 45.4 Å². The molecule has 0 saturated carbocycles. The van der Waals surface area contributed by atoms with Gasteiger partial charge in [0.15, 0.2) is 0 Å². The molecule has 3 nitrogen and oxygen atoms in total. The molecule has 1 rings (SSSR count). The van der Waals surface area contributed by atoms with Crippen molar-refractivity contribution in [3.63, 3.8) is 0 Å². The van der Waals surface area contributed by atoms with E-state index in [1.165, 1.54) is 5.56 Å². The van der Waals surface area contributed by atoms with Gasteiger partial charge in [0.2, 0.25) is 0 Å². The first kappa shape index (κ1) is 15.0. The summed E-state index contributed by atoms with van der Waals surface area (Å²) >= 11 is 0. The molecule has 0 fully saturated rings. The standard InChI is InChI=1S/C15H25NO2/c1-5-17-14-9-7-8-13(10-14)11-16-12-15(3,4)18-6-2/h7-10,16H,5-6,11-12H2,1-4H3. The van der Waals surface area contributed by atoms with Crippen molar-refractivity contribution in [1.29, 1.82) is 0 Å². The van der Waals surface area contributed by atoms with Crippen LogP contribution in [0.15, 0.2) is 24.3 Å². The molecular weight excluding hydrogens is 226 g/mol. The Morgan fingerprint density at radius 2 is 1.94 bits per heavy atom. The van der Waals surface area contributed by atoms with E-state index < -0.39 is 0 Å². The zero-order valence-corrected chi connectivity index (χ0v) is 12.0. The van der Waals surface area contributed by atoms with Gasteiger partial charge in [-0.1, -0.05) is 12.1 Å². The van der Waals surface area contributed by atoms with Crippen LogP contribution >= 0.6 is 0 Å². The lowest BCUT2D eigenvalue weighted by atomic mass is 10.1. The van der Waals surface area contributed by atoms with E-state index in [1.807, 2.05) is 26.0 Å². The predicted octanol–water partition coefficient (Wildman–Crippen LogP) is 2.99. The first-order valence-electron chi connectivity index (χ1n) is 6.64. The maximum atomic E-state index is 5.64. The zero-order chi connectivity index (χ0) is 13.4. The maximum Gasteiger partial charge on any atom is 0.119 e. The fourth-order valence-electron chi connectivity index (χ4n) is 1.86. The molecule has 1 aromatic rings. The molecule has 1 aromatic carbocycles. The first-order valence-corrected chi connectivity index (χ1v) is 6.64. The number of rotatable bonds is 8. The molecule has 18 heavy (non-hydrogen) atoms. The van der Waals surface area contributed by atoms with Crippen LogP contribution in [0.1, 0.15) is 33.3 Å². The summed E-state index contributed by atoms with van der Waals surface area (Å²) in [6.45, 7) is 11.3. The zero-order valence-electron chi connectivity index (χ0n) is 12.0. The highest BCUT2D eigenvalue weighted by atomic mass is 16.5. The van der Waals surface area contributed by atoms with Gasteiger partial charge in [0.25, 0.3) is 0 Å². The van der Waals surface area contributed by atoms with Crippen molar-refractivity contribution in [2.45, 2.75) is 39.8 Å². The van der Waals surface area contributed by atoms with E-state index in [0.29, 0.717) is 6.61 Å². The minimum atomic E-state index is -0.119. The number of nitrogens with one attached hydrogen (secondary N) is 1. The summed E-state index contributed by atoms with van der Waals surface area (Å²) in [5, 5.41) is 3.42. The van der Waals surface area contributed by atoms with Gasteiger partial charge in [0, 0.05) is 19.7 Å². The minimum Gasteiger partial charge on any atom is -0.494 e. The quantitative estimate of drug-likeness (QED) is 0.770. The second-order valence-corrected chi connectivity index (χ2v) is 4.88. The van der Waals surface area contributed by atoms with Gasteiger partial charge in [-0.15, -0.1) is 0 Å². The second kappa shape index (κ2) is 7.39. The Morgan fingerprint density at radius 1 is 1.17 bits per heavy atom. The number of ether oxygens (including phenoxy) is 2. The smallest absolute Gasteiger partial charge is 0.119 e. The highest BCUT2D eigenvalue weighted by Crippen LogP contribution is 2.13. The van der Waals surface area contributed by atoms with Gasteiger partial charge in [0.05, 0.1) is 12.2 Å². The lowest BCUT2D eigenvalue weighted by Gasteiger charge is -2.25. The van der Waals surface area contributed by atoms with Gasteiger partial charge in [0.1, 0.15) is 5.75 Å². The highest BCUT2D eigenvalue weighted by Gasteiger charge is 2.16. The Morgan fingerprint density at radius 3 is 2.61 bits per heavy atom. The van der Waals surface area contributed by atoms with Gasteiger partial charge in [-0.25, -0.2) is 0 Å². The van der Waals surface area contributed by atoms with E-state index in [-0.39, 0.29) is 5.60 Å². The topological polar surface area (TPSA) is 30.5 Å². The molecule has 0 atom stereocenters. The minimum absolute atomic E-state index is 0.119. The molecule has 0 aliphatic carbocycles. The van der Waals surface area contributed by atoms with E-state index in [4.69, 9.17) is 9.47 Å². The van der Waals surface area contributed by atoms with Crippen molar-refractivity contribution >= 4 is 0 Å². The molecule has 0 aromatic heterocycles. The van der Waals surface area contributed by atoms with Gasteiger partial charge in [-0.2, -0.15) is 0 Å². The molecular formula is C15H25NO2. The molecule has 0 aliphatic heterocycles. The van der Waals surface area contributed by atoms with E-state index >= 15 is 0 Å². The molecule has 0 heterocycles. The van der Waals surface area contributed by atoms with Gasteiger partial charge < -0.3 is 14.8 Å². The molecule has 1 N–H and O–H groups in total. The van der Waals surface area contributed by atoms with E-state index in [2.05, 4.69) is 31.3 Å². The van der Waals surface area contributed by atoms with E-state index in [0.717, 1.165) is 25.4 Å². The number of hydrogen-bond acceptors (Lipinski definition) is 3. The molecule has 0 aliphatic rings. The monoisotopic (exact) mass is 251 g/mol. The Labute approximate surface area is 110 Å². The molecule has 3 heteroatoms. The van der Waals surface area contributed by atoms with Crippen LogP contribution in [0.25, 0.3) is 0 Å². The molecule has 0 spiro atoms. The van der Waals surface area contributed by atoms with Crippen LogP contribution in [0.2, 0.25) is 0 Å². The molecule has 0 saturated heterocycles. The lowest BCUT2D eigenvalue weighted by molar-refractivity contribution is -0.00897. The molecule has 0 bridgehead atoms. The fourth-order valence-corrected chi connectivity index (χ4v) is 1.86. The van der Waals surface area contributed by atoms with Crippen LogP contribution in [0.5, 0.6) is 5.75 Å². The van der Waals surface area contributed by atoms with Crippen LogP contribution < -0.4 is 10.1 Å². The lowest BCUT2D eigenvalue weighted by Crippen LogP contribution is -2.37. The Balaban J connectivity index is 2.41. The van der Waals surface area contributed by atoms with E-state index in [1.54, 1.807) is 0 Å². The van der Waals surface area contributed by atoms with Crippen molar-refractivity contribution in [2.24, 2.45) is 0 Å². The van der Waals surface area contributed by atoms with Crippen LogP contribution in [-0.2, 0) is 11.3 Å². The summed E-state index contributed by atoms with van der Waals surface area (Å²) in [4.78, 5) is 0. The van der Waals surface area contributed by atoms with Crippen molar-refractivity contribution in [3.8, 4) is 5.75 Å². The SMILES string of the molecule is CCOc1cccc(CNCC(C)(C)OCC)c1. The molecule has 0 unspecified atom stereocenters. The third-order valence-electron chi connectivity index (χ3n) is 2.62. The van der Waals surface area contributed by atoms with Crippen LogP contribution in [-0.4, -0.2) is 25.4 Å². The summed E-state index contributed by atoms with van der Waals surface area (Å²) in [5.74, 6) is 0.931. The van der Waals surface area contributed by atoms with Crippen LogP contribution in [0.4, 0.5) is 0 Å². The highest BCUT2D eigenvalue weighted by molar-refractivity contribution is 5.28. The second-order valence-electron chi connectivity index (χ2n) is 4.88. The average molecular weight is 251 g/mol. The predicted molar refractivity (Wildman–Crippen MR) is 75.0 cm³/mol. The number of hydrogen-bond donors (Lipinski definition) is 1. The first-order chi connectivity index (χ1) is 8.57. The summed E-state index contributed by atoms with van der Waals surface area (Å²) in [6.07, 6.45) is 0. The number of benzene rings is 1. The summed E-state index contributed by atoms with van der Waals surface area (Å²) in [5.41, 5.74) is 1.11. The molecule has 0 radical (unpaired) electrons. The Kier molecular flexibility index (Phi) is 6.16. The third-order valence-corrected chi connectivity index (χ3v) is 2.62. The van der Waals surface area contributed by atoms with Gasteiger partial charge in [-0.3, -0.25) is 0 Å². The third kappa shape index (κ3) is 5.52. The largest absolute Gasteiger partial charge is 0.494 e.